The van der Waals surface area contributed by atoms with Gasteiger partial charge in [-0.25, -0.2) is 14.2 Å². The van der Waals surface area contributed by atoms with Gasteiger partial charge in [-0.2, -0.15) is 4.99 Å². The predicted octanol–water partition coefficient (Wildman–Crippen LogP) is 10.9. The molecule has 14 nitrogen and oxygen atoms in total. The molecule has 0 saturated carbocycles. The molecule has 0 aliphatic rings. The number of anilines is 2. The summed E-state index contributed by atoms with van der Waals surface area (Å²) in [4.78, 5) is 32.8. The van der Waals surface area contributed by atoms with Crippen molar-refractivity contribution in [1.82, 2.24) is 34.4 Å². The molecule has 0 bridgehead atoms. The van der Waals surface area contributed by atoms with E-state index in [9.17, 15) is 9.90 Å². The van der Waals surface area contributed by atoms with E-state index >= 15 is 4.39 Å². The number of rotatable bonds is 28. The average Bonchev–Trinajstić information content (AvgIpc) is 3.59. The molecule has 0 aliphatic carbocycles. The van der Waals surface area contributed by atoms with Crippen molar-refractivity contribution in [3.8, 4) is 17.6 Å². The number of aromatic nitrogens is 4. The molecule has 3 heterocycles. The lowest BCUT2D eigenvalue weighted by Gasteiger charge is -2.46. The molecule has 0 saturated heterocycles. The van der Waals surface area contributed by atoms with Crippen LogP contribution >= 0.6 is 22.7 Å². The van der Waals surface area contributed by atoms with E-state index < -0.39 is 28.2 Å². The second kappa shape index (κ2) is 28.9. The molecular weight excluding hydrogens is 1090 g/mol. The fraction of sp³-hybridized carbons (Fsp3) is 0.435. The minimum atomic E-state index is -2.98. The van der Waals surface area contributed by atoms with Gasteiger partial charge in [-0.05, 0) is 131 Å². The molecule has 0 aliphatic heterocycles. The molecule has 81 heavy (non-hydrogen) atoms. The molecule has 7 rings (SSSR count). The van der Waals surface area contributed by atoms with Crippen LogP contribution in [0.4, 0.5) is 21.2 Å². The number of halogens is 1. The van der Waals surface area contributed by atoms with Crippen molar-refractivity contribution >= 4 is 82.4 Å². The van der Waals surface area contributed by atoms with Gasteiger partial charge in [-0.1, -0.05) is 136 Å². The number of thiazole rings is 2. The Morgan fingerprint density at radius 1 is 0.840 bits per heavy atom. The molecular formula is C62H82FN9O5S2Si2. The summed E-state index contributed by atoms with van der Waals surface area (Å²) in [7, 11) is 5.92. The van der Waals surface area contributed by atoms with E-state index in [1.165, 1.54) is 27.8 Å². The highest BCUT2D eigenvalue weighted by molar-refractivity contribution is 7.16. The highest BCUT2D eigenvalue weighted by Gasteiger charge is 2.51. The van der Waals surface area contributed by atoms with E-state index in [4.69, 9.17) is 34.1 Å². The van der Waals surface area contributed by atoms with E-state index in [0.717, 1.165) is 39.7 Å². The topological polar surface area (TPSA) is 134 Å². The minimum Gasteiger partial charge on any atom is -0.491 e. The third-order valence-electron chi connectivity index (χ3n) is 13.8. The first kappa shape index (κ1) is 62.7. The zero-order chi connectivity index (χ0) is 58.3. The maximum absolute atomic E-state index is 15.2. The van der Waals surface area contributed by atoms with Gasteiger partial charge in [0.1, 0.15) is 6.73 Å². The Labute approximate surface area is 489 Å². The summed E-state index contributed by atoms with van der Waals surface area (Å²) < 4.78 is 38.4. The van der Waals surface area contributed by atoms with Crippen LogP contribution in [0, 0.1) is 24.6 Å². The van der Waals surface area contributed by atoms with Gasteiger partial charge in [0, 0.05) is 51.3 Å². The van der Waals surface area contributed by atoms with Crippen molar-refractivity contribution in [2.75, 3.05) is 86.1 Å². The van der Waals surface area contributed by atoms with Crippen LogP contribution in [0.3, 0.4) is 0 Å². The zero-order valence-electron chi connectivity index (χ0n) is 49.5. The first-order valence-corrected chi connectivity index (χ1v) is 35.1. The number of carboxylic acids is 1. The van der Waals surface area contributed by atoms with Gasteiger partial charge in [0.25, 0.3) is 8.32 Å². The number of carbonyl (C=O) groups is 1. The summed E-state index contributed by atoms with van der Waals surface area (Å²) in [6, 6.07) is 37.4. The number of benzene rings is 4. The molecule has 3 aromatic heterocycles. The summed E-state index contributed by atoms with van der Waals surface area (Å²) in [6.45, 7) is 20.6. The second-order valence-corrected chi connectivity index (χ2v) is 35.4. The maximum atomic E-state index is 15.2. The van der Waals surface area contributed by atoms with Gasteiger partial charge in [-0.3, -0.25) is 9.47 Å². The van der Waals surface area contributed by atoms with Crippen molar-refractivity contribution in [1.29, 1.82) is 0 Å². The van der Waals surface area contributed by atoms with Crippen molar-refractivity contribution in [3.05, 3.63) is 142 Å². The van der Waals surface area contributed by atoms with Crippen molar-refractivity contribution < 1.29 is 28.2 Å². The van der Waals surface area contributed by atoms with Gasteiger partial charge < -0.3 is 33.7 Å². The van der Waals surface area contributed by atoms with E-state index in [2.05, 4.69) is 161 Å². The lowest BCUT2D eigenvalue weighted by molar-refractivity contribution is 0.0690. The number of nitrogens with zero attached hydrogens (tertiary/aromatic N) is 9. The fourth-order valence-electron chi connectivity index (χ4n) is 9.49. The SMILES string of the molecule is Cc1cc(N(CCCC(CN(C)CCN(C)C)O[Si](c2ccccc2)(c2ccccc2)C(C)(C)C)c2nc(C(=O)O)c(CCCOc3ccc(C#CCN(C)C)cc3F)s2)nnc1N=c1sc2ccccc2n1COCC[Si](C)(C)C. The number of hydrogen-bond acceptors (Lipinski definition) is 14. The number of carboxylic acid groups (broad SMARTS) is 1. The first-order chi connectivity index (χ1) is 38.6. The van der Waals surface area contributed by atoms with Gasteiger partial charge >= 0.3 is 5.97 Å². The van der Waals surface area contributed by atoms with Crippen LogP contribution in [0.2, 0.25) is 30.7 Å². The Balaban J connectivity index is 1.22. The Morgan fingerprint density at radius 2 is 1.53 bits per heavy atom. The van der Waals surface area contributed by atoms with Crippen LogP contribution < -0.4 is 24.8 Å². The predicted molar refractivity (Wildman–Crippen MR) is 335 cm³/mol. The maximum Gasteiger partial charge on any atom is 0.355 e. The number of aromatic carboxylic acids is 1. The van der Waals surface area contributed by atoms with Crippen LogP contribution in [0.15, 0.2) is 114 Å². The Bertz CT molecular complexity index is 3260. The van der Waals surface area contributed by atoms with E-state index in [1.54, 1.807) is 23.5 Å². The third kappa shape index (κ3) is 17.3. The van der Waals surface area contributed by atoms with Crippen molar-refractivity contribution in [2.24, 2.45) is 4.99 Å². The van der Waals surface area contributed by atoms with Crippen LogP contribution in [-0.4, -0.2) is 149 Å². The summed E-state index contributed by atoms with van der Waals surface area (Å²) >= 11 is 2.89. The number of para-hydroxylation sites is 1. The number of ether oxygens (including phenoxy) is 2. The van der Waals surface area contributed by atoms with Gasteiger partial charge in [0.15, 0.2) is 38.8 Å². The Morgan fingerprint density at radius 3 is 2.16 bits per heavy atom. The van der Waals surface area contributed by atoms with Gasteiger partial charge in [0.2, 0.25) is 0 Å². The van der Waals surface area contributed by atoms with E-state index in [-0.39, 0.29) is 29.2 Å². The van der Waals surface area contributed by atoms with Crippen molar-refractivity contribution in [2.45, 2.75) is 96.9 Å². The van der Waals surface area contributed by atoms with Crippen molar-refractivity contribution in [3.63, 3.8) is 0 Å². The zero-order valence-corrected chi connectivity index (χ0v) is 53.1. The molecule has 0 radical (unpaired) electrons. The molecule has 1 N–H and O–H groups in total. The van der Waals surface area contributed by atoms with Gasteiger partial charge in [0.05, 0.1) is 29.5 Å². The summed E-state index contributed by atoms with van der Waals surface area (Å²) in [5, 5.41) is 22.9. The highest BCUT2D eigenvalue weighted by atomic mass is 32.1. The first-order valence-electron chi connectivity index (χ1n) is 27.9. The lowest BCUT2D eigenvalue weighted by Crippen LogP contribution is -2.68. The van der Waals surface area contributed by atoms with Gasteiger partial charge in [-0.15, -0.1) is 21.5 Å². The highest BCUT2D eigenvalue weighted by Crippen LogP contribution is 2.39. The number of hydrogen-bond donors (Lipinski definition) is 1. The molecule has 1 unspecified atom stereocenters. The second-order valence-electron chi connectivity index (χ2n) is 23.4. The minimum absolute atomic E-state index is 0.0417. The fourth-order valence-corrected chi connectivity index (χ4v) is 17.1. The van der Waals surface area contributed by atoms with Crippen LogP contribution in [0.25, 0.3) is 10.2 Å². The number of likely N-dealkylation sites (N-methyl/N-ethyl adjacent to an activating group) is 2. The largest absolute Gasteiger partial charge is 0.491 e. The third-order valence-corrected chi connectivity index (χ3v) is 22.8. The van der Waals surface area contributed by atoms with Crippen LogP contribution in [0.1, 0.15) is 66.5 Å². The smallest absolute Gasteiger partial charge is 0.355 e. The molecule has 1 atom stereocenters. The average molecular weight is 1170 g/mol. The molecule has 19 heteroatoms. The molecule has 0 spiro atoms. The van der Waals surface area contributed by atoms with E-state index in [1.807, 2.05) is 49.0 Å². The lowest BCUT2D eigenvalue weighted by atomic mass is 10.2. The molecule has 7 aromatic rings. The Kier molecular flexibility index (Phi) is 22.3. The number of fused-ring (bicyclic) bond motifs is 1. The summed E-state index contributed by atoms with van der Waals surface area (Å²) in [5.41, 5.74) is 2.34. The van der Waals surface area contributed by atoms with Crippen LogP contribution in [0.5, 0.6) is 5.75 Å². The quantitative estimate of drug-likeness (QED) is 0.0284. The molecule has 0 amide bonds. The summed E-state index contributed by atoms with van der Waals surface area (Å²) in [5.74, 6) is 5.47. The Hall–Kier alpha value is -5.93. The standard InChI is InChI=1S/C62H82FN9O5S2Si2/c1-46-42-56(66-67-58(46)65-61-72(45-75-40-41-80(10,11)12)52-30-19-20-31-54(52)78-61)71(60-64-57(59(73)74)55(79-60)32-23-39-76-53-34-33-47(43-51(53)63)24-21-35-68(5)6)36-22-25-48(44-70(9)38-37-69(7)8)77-81(62(2,3)4,49-26-15-13-16-27-49)50-28-17-14-18-29-50/h13-20,26-31,33-34,42-43,48H,22-23,25,32,35-41,44-45H2,1-12H3,(H,73,74). The monoisotopic (exact) mass is 1170 g/mol. The number of aryl methyl sites for hydroxylation is 2. The molecule has 0 fully saturated rings. The molecule has 432 valence electrons. The molecule has 4 aromatic carbocycles. The normalized spacial score (nSPS) is 12.9. The van der Waals surface area contributed by atoms with E-state index in [0.29, 0.717) is 85.9 Å². The summed E-state index contributed by atoms with van der Waals surface area (Å²) in [6.07, 6.45) is 1.90. The van der Waals surface area contributed by atoms with Crippen LogP contribution in [-0.2, 0) is 22.3 Å².